The molecule has 7 heteroatoms. The fraction of sp³-hybridized carbons (Fsp3) is 0.122. The average Bonchev–Trinajstić information content (AvgIpc) is 0.925. The average molecular weight is 1330 g/mol. The van der Waals surface area contributed by atoms with Crippen molar-refractivity contribution in [3.05, 3.63) is 322 Å². The van der Waals surface area contributed by atoms with E-state index in [1.54, 1.807) is 0 Å². The van der Waals surface area contributed by atoms with Crippen molar-refractivity contribution in [1.82, 2.24) is 14.1 Å². The first kappa shape index (κ1) is 55.7. The van der Waals surface area contributed by atoms with Crippen LogP contribution < -0.4 is 14.5 Å². The smallest absolute Gasteiger partial charge is 0.310 e. The van der Waals surface area contributed by atoms with Gasteiger partial charge < -0.3 is 4.90 Å². The predicted octanol–water partition coefficient (Wildman–Crippen LogP) is 21.1. The molecule has 436 valence electrons. The van der Waals surface area contributed by atoms with Crippen LogP contribution in [0.3, 0.4) is 0 Å². The van der Waals surface area contributed by atoms with Gasteiger partial charge in [0.2, 0.25) is 0 Å². The Labute approximate surface area is 532 Å². The van der Waals surface area contributed by atoms with Crippen molar-refractivity contribution in [2.24, 2.45) is 0 Å². The molecule has 2 aliphatic heterocycles. The number of aromatic nitrogens is 3. The Morgan fingerprint density at radius 3 is 1.47 bits per heavy atom. The summed E-state index contributed by atoms with van der Waals surface area (Å²) in [6, 6.07) is 102. The van der Waals surface area contributed by atoms with E-state index in [9.17, 15) is 0 Å². The van der Waals surface area contributed by atoms with E-state index >= 15 is 0 Å². The Morgan fingerprint density at radius 1 is 0.427 bits per heavy atom. The third-order valence-corrected chi connectivity index (χ3v) is 18.9. The quantitative estimate of drug-likeness (QED) is 0.135. The number of hydrogen-bond acceptors (Lipinski definition) is 4. The van der Waals surface area contributed by atoms with Gasteiger partial charge in [-0.25, -0.2) is 0 Å². The van der Waals surface area contributed by atoms with Crippen LogP contribution in [0.25, 0.3) is 55.8 Å². The van der Waals surface area contributed by atoms with E-state index in [-0.39, 0.29) is 10.8 Å². The molecule has 0 saturated carbocycles. The Hall–Kier alpha value is -9.87. The molecule has 1 spiro atoms. The van der Waals surface area contributed by atoms with Gasteiger partial charge in [0, 0.05) is 28.8 Å². The van der Waals surface area contributed by atoms with Crippen molar-refractivity contribution in [2.75, 3.05) is 9.80 Å². The third-order valence-electron chi connectivity index (χ3n) is 17.9. The van der Waals surface area contributed by atoms with Gasteiger partial charge in [0.05, 0.1) is 0 Å². The zero-order valence-electron chi connectivity index (χ0n) is 50.9. The van der Waals surface area contributed by atoms with Crippen molar-refractivity contribution < 1.29 is 24.1 Å². The standard InChI is InChI=1S/C82H65N5O.Pt/c1-55-50-78(83-53-67(55)58-40-42-59(43-41-58)80(2,3)4)87-74-37-19-16-34-70(74)82(68-32-14-17-35-72(68)86(73-36-18-15-33-69(73)82)61-46-44-60(45-47-61)81(5,6)7)71-49-48-64(52-77(71)87)88-63-29-22-28-62(51-63)84-54-85(76-39-21-20-38-75(76)84)79-65(56-24-10-8-11-25-56)30-23-31-66(79)57-26-12-9-13-27-57;/h8-50,53H,1-7H3;/q-2;. The van der Waals surface area contributed by atoms with Gasteiger partial charge in [-0.3, -0.25) is 0 Å². The van der Waals surface area contributed by atoms with Crippen LogP contribution in [-0.2, 0) is 35.6 Å². The number of hydrogen-bond donors (Lipinski definition) is 0. The molecule has 0 radical (unpaired) electrons. The monoisotopic (exact) mass is 1330 g/mol. The summed E-state index contributed by atoms with van der Waals surface area (Å²) < 4.78 is 12.8. The number of anilines is 6. The van der Waals surface area contributed by atoms with Crippen molar-refractivity contribution in [1.29, 1.82) is 0 Å². The van der Waals surface area contributed by atoms with Gasteiger partial charge in [-0.2, -0.15) is 0 Å². The Bertz CT molecular complexity index is 4830. The summed E-state index contributed by atoms with van der Waals surface area (Å²) in [5.74, 6) is 1.89. The molecule has 11 aromatic carbocycles. The van der Waals surface area contributed by atoms with Crippen LogP contribution in [0.5, 0.6) is 11.5 Å². The van der Waals surface area contributed by atoms with Crippen LogP contribution in [0.2, 0.25) is 0 Å². The molecule has 0 unspecified atom stereocenters. The first-order valence-corrected chi connectivity index (χ1v) is 31.7. The van der Waals surface area contributed by atoms with Gasteiger partial charge in [-0.15, -0.1) is 0 Å². The van der Waals surface area contributed by atoms with Gasteiger partial charge in [-0.1, -0.05) is 133 Å². The second-order valence-corrected chi connectivity index (χ2v) is 26.4. The summed E-state index contributed by atoms with van der Waals surface area (Å²) in [5.41, 5.74) is 23.5. The topological polar surface area (TPSA) is 38.5 Å². The molecular formula is C82H65N5OPt-2. The van der Waals surface area contributed by atoms with E-state index in [4.69, 9.17) is 9.72 Å². The minimum atomic E-state index is -0.802. The molecule has 2 aromatic heterocycles. The summed E-state index contributed by atoms with van der Waals surface area (Å²) in [6.07, 6.45) is 2.04. The zero-order valence-corrected chi connectivity index (χ0v) is 53.1. The van der Waals surface area contributed by atoms with Gasteiger partial charge in [0.25, 0.3) is 0 Å². The maximum absolute atomic E-state index is 7.14. The van der Waals surface area contributed by atoms with E-state index in [1.165, 1.54) is 22.3 Å². The molecule has 0 bridgehead atoms. The molecule has 4 heterocycles. The predicted molar refractivity (Wildman–Crippen MR) is 361 cm³/mol. The van der Waals surface area contributed by atoms with Crippen LogP contribution >= 0.6 is 0 Å². The van der Waals surface area contributed by atoms with Crippen LogP contribution in [0, 0.1) is 22.9 Å². The minimum Gasteiger partial charge on any atom is -0.310 e. The van der Waals surface area contributed by atoms with Crippen molar-refractivity contribution in [3.8, 4) is 56.3 Å². The molecule has 0 amide bonds. The first-order chi connectivity index (χ1) is 43.3. The summed E-state index contributed by atoms with van der Waals surface area (Å²) in [7, 11) is 0. The van der Waals surface area contributed by atoms with Gasteiger partial charge in [-0.05, 0) is 64.3 Å². The van der Waals surface area contributed by atoms with Gasteiger partial charge >= 0.3 is 306 Å². The number of rotatable bonds is 9. The van der Waals surface area contributed by atoms with E-state index in [2.05, 4.69) is 354 Å². The fourth-order valence-electron chi connectivity index (χ4n) is 13.6. The summed E-state index contributed by atoms with van der Waals surface area (Å²) >= 11 is 2.50. The van der Waals surface area contributed by atoms with Crippen molar-refractivity contribution in [3.63, 3.8) is 0 Å². The number of benzene rings is 11. The molecule has 0 N–H and O–H groups in total. The summed E-state index contributed by atoms with van der Waals surface area (Å²) in [6.45, 7) is 15.8. The second-order valence-electron chi connectivity index (χ2n) is 25.4. The van der Waals surface area contributed by atoms with Crippen molar-refractivity contribution >= 4 is 45.3 Å². The van der Waals surface area contributed by atoms with E-state index in [0.717, 1.165) is 111 Å². The molecule has 0 saturated heterocycles. The van der Waals surface area contributed by atoms with Crippen LogP contribution in [-0.4, -0.2) is 14.1 Å². The molecule has 13 aromatic rings. The minimum absolute atomic E-state index is 0.0104. The third kappa shape index (κ3) is 9.34. The molecule has 89 heavy (non-hydrogen) atoms. The number of para-hydroxylation sites is 6. The van der Waals surface area contributed by atoms with Crippen LogP contribution in [0.1, 0.15) is 80.5 Å². The molecule has 6 nitrogen and oxygen atoms in total. The van der Waals surface area contributed by atoms with Gasteiger partial charge in [0.15, 0.2) is 0 Å². The first-order valence-electron chi connectivity index (χ1n) is 30.5. The van der Waals surface area contributed by atoms with Crippen LogP contribution in [0.15, 0.2) is 267 Å². The maximum atomic E-state index is 7.14. The SMILES string of the molecule is Cc1cc(N2c3[c-]c(Oc4[c-]c(-n5[c](=[Pt])n(-c6c(-c7ccccc7)cccc6-c6ccccc6)c6ccccc65)ccc4)ccc3C3(c4ccccc42)c2ccccc2N(c2ccc(C(C)(C)C)cc2)c2ccccc23)ncc1-c1ccc(C(C)(C)C)cc1. The van der Waals surface area contributed by atoms with Crippen LogP contribution in [0.4, 0.5) is 34.3 Å². The number of ether oxygens (including phenoxy) is 1. The molecule has 0 fully saturated rings. The summed E-state index contributed by atoms with van der Waals surface area (Å²) in [5, 5.41) is 0. The van der Waals surface area contributed by atoms with E-state index in [1.807, 2.05) is 12.3 Å². The second kappa shape index (κ2) is 21.8. The zero-order chi connectivity index (χ0) is 60.8. The Kier molecular flexibility index (Phi) is 13.6. The molecule has 2 aliphatic rings. The molecular weight excluding hydrogens is 1270 g/mol. The van der Waals surface area contributed by atoms with E-state index < -0.39 is 5.41 Å². The Morgan fingerprint density at radius 2 is 0.910 bits per heavy atom. The van der Waals surface area contributed by atoms with E-state index in [0.29, 0.717) is 11.5 Å². The molecule has 15 rings (SSSR count). The fourth-order valence-corrected chi connectivity index (χ4v) is 14.7. The number of aryl methyl sites for hydroxylation is 1. The number of fused-ring (bicyclic) bond motifs is 9. The van der Waals surface area contributed by atoms with Crippen molar-refractivity contribution in [2.45, 2.75) is 64.7 Å². The number of nitrogens with zero attached hydrogens (tertiary/aromatic N) is 5. The number of pyridine rings is 1. The molecule has 0 aliphatic carbocycles. The Balaban J connectivity index is 0.902. The van der Waals surface area contributed by atoms with Gasteiger partial charge in [0.1, 0.15) is 0 Å². The molecule has 0 atom stereocenters. The normalized spacial score (nSPS) is 13.2. The number of imidazole rings is 1. The summed E-state index contributed by atoms with van der Waals surface area (Å²) in [4.78, 5) is 10.2.